The number of aromatic nitrogens is 1. The first-order chi connectivity index (χ1) is 8.24. The molecule has 0 aliphatic heterocycles. The number of carbonyl (C=O) groups is 1. The molecule has 0 unspecified atom stereocenters. The lowest BCUT2D eigenvalue weighted by Crippen LogP contribution is -2.15. The third-order valence-corrected chi connectivity index (χ3v) is 3.24. The van der Waals surface area contributed by atoms with Crippen LogP contribution in [0.4, 0.5) is 15.2 Å². The summed E-state index contributed by atoms with van der Waals surface area (Å²) in [6, 6.07) is 6.32. The van der Waals surface area contributed by atoms with Crippen molar-refractivity contribution >= 4 is 28.4 Å². The number of rotatable bonds is 4. The number of anilines is 2. The fourth-order valence-corrected chi connectivity index (χ4v) is 2.34. The van der Waals surface area contributed by atoms with Crippen LogP contribution in [-0.4, -0.2) is 17.8 Å². The number of thiazole rings is 1. The average molecular weight is 250 g/mol. The summed E-state index contributed by atoms with van der Waals surface area (Å²) in [5.41, 5.74) is 0.735. The molecule has 1 heterocycles. The van der Waals surface area contributed by atoms with E-state index in [0.29, 0.717) is 16.6 Å². The molecule has 2 rings (SSSR count). The van der Waals surface area contributed by atoms with E-state index in [-0.39, 0.29) is 5.82 Å². The molecule has 3 nitrogen and oxygen atoms in total. The molecule has 0 amide bonds. The largest absolute Gasteiger partial charge is 0.318 e. The molecular weight excluding hydrogens is 239 g/mol. The third kappa shape index (κ3) is 2.50. The maximum atomic E-state index is 13.2. The summed E-state index contributed by atoms with van der Waals surface area (Å²) in [7, 11) is 0. The highest BCUT2D eigenvalue weighted by Crippen LogP contribution is 2.28. The van der Waals surface area contributed by atoms with Gasteiger partial charge in [-0.25, -0.2) is 9.37 Å². The average Bonchev–Trinajstić information content (AvgIpc) is 2.79. The van der Waals surface area contributed by atoms with Crippen molar-refractivity contribution in [3.05, 3.63) is 41.2 Å². The van der Waals surface area contributed by atoms with Gasteiger partial charge in [-0.3, -0.25) is 4.79 Å². The molecule has 0 fully saturated rings. The van der Waals surface area contributed by atoms with Gasteiger partial charge >= 0.3 is 0 Å². The van der Waals surface area contributed by atoms with E-state index in [9.17, 15) is 9.18 Å². The van der Waals surface area contributed by atoms with Crippen molar-refractivity contribution in [2.24, 2.45) is 0 Å². The second-order valence-corrected chi connectivity index (χ2v) is 4.43. The lowest BCUT2D eigenvalue weighted by molar-refractivity contribution is 0.112. The molecule has 0 atom stereocenters. The smallest absolute Gasteiger partial charge is 0.190 e. The predicted octanol–water partition coefficient (Wildman–Crippen LogP) is 3.25. The lowest BCUT2D eigenvalue weighted by atomic mass is 10.3. The summed E-state index contributed by atoms with van der Waals surface area (Å²) < 4.78 is 13.2. The Kier molecular flexibility index (Phi) is 3.49. The van der Waals surface area contributed by atoms with E-state index in [1.807, 2.05) is 17.9 Å². The van der Waals surface area contributed by atoms with E-state index in [4.69, 9.17) is 0 Å². The van der Waals surface area contributed by atoms with Gasteiger partial charge in [0, 0.05) is 12.2 Å². The maximum Gasteiger partial charge on any atom is 0.190 e. The summed E-state index contributed by atoms with van der Waals surface area (Å²) in [6.07, 6.45) is 2.29. The minimum absolute atomic E-state index is 0.284. The van der Waals surface area contributed by atoms with Gasteiger partial charge in [0.05, 0.1) is 11.1 Å². The van der Waals surface area contributed by atoms with E-state index in [0.717, 1.165) is 12.0 Å². The molecule has 0 spiro atoms. The standard InChI is InChI=1S/C12H11FN2OS/c1-2-15(10-5-3-4-9(13)6-10)12-14-7-11(8-16)17-12/h3-8H,2H2,1H3. The highest BCUT2D eigenvalue weighted by atomic mass is 32.1. The van der Waals surface area contributed by atoms with Crippen molar-refractivity contribution in [3.8, 4) is 0 Å². The highest BCUT2D eigenvalue weighted by Gasteiger charge is 2.11. The van der Waals surface area contributed by atoms with Gasteiger partial charge in [-0.15, -0.1) is 0 Å². The summed E-state index contributed by atoms with van der Waals surface area (Å²) in [6.45, 7) is 2.61. The lowest BCUT2D eigenvalue weighted by Gasteiger charge is -2.19. The summed E-state index contributed by atoms with van der Waals surface area (Å²) in [5, 5.41) is 0.695. The third-order valence-electron chi connectivity index (χ3n) is 2.29. The van der Waals surface area contributed by atoms with Crippen molar-refractivity contribution in [2.75, 3.05) is 11.4 Å². The Hall–Kier alpha value is -1.75. The first-order valence-corrected chi connectivity index (χ1v) is 6.00. The SMILES string of the molecule is CCN(c1cccc(F)c1)c1ncc(C=O)s1. The zero-order valence-corrected chi connectivity index (χ0v) is 10.1. The molecule has 0 aliphatic carbocycles. The van der Waals surface area contributed by atoms with Crippen molar-refractivity contribution in [1.29, 1.82) is 0 Å². The number of carbonyl (C=O) groups excluding carboxylic acids is 1. The van der Waals surface area contributed by atoms with Crippen LogP contribution in [0.3, 0.4) is 0 Å². The quantitative estimate of drug-likeness (QED) is 0.781. The Labute approximate surface area is 103 Å². The minimum Gasteiger partial charge on any atom is -0.318 e. The molecule has 17 heavy (non-hydrogen) atoms. The summed E-state index contributed by atoms with van der Waals surface area (Å²) >= 11 is 1.29. The van der Waals surface area contributed by atoms with Gasteiger partial charge in [-0.05, 0) is 25.1 Å². The Morgan fingerprint density at radius 3 is 2.94 bits per heavy atom. The van der Waals surface area contributed by atoms with Gasteiger partial charge in [-0.2, -0.15) is 0 Å². The van der Waals surface area contributed by atoms with Gasteiger partial charge in [0.1, 0.15) is 5.82 Å². The predicted molar refractivity (Wildman–Crippen MR) is 66.6 cm³/mol. The van der Waals surface area contributed by atoms with Crippen LogP contribution in [0.5, 0.6) is 0 Å². The van der Waals surface area contributed by atoms with Crippen molar-refractivity contribution < 1.29 is 9.18 Å². The van der Waals surface area contributed by atoms with Crippen LogP contribution >= 0.6 is 11.3 Å². The zero-order chi connectivity index (χ0) is 12.3. The number of hydrogen-bond donors (Lipinski definition) is 0. The molecule has 1 aromatic heterocycles. The minimum atomic E-state index is -0.284. The van der Waals surface area contributed by atoms with Gasteiger partial charge < -0.3 is 4.90 Å². The van der Waals surface area contributed by atoms with Crippen LogP contribution in [0, 0.1) is 5.82 Å². The number of halogens is 1. The molecule has 0 N–H and O–H groups in total. The topological polar surface area (TPSA) is 33.2 Å². The second-order valence-electron chi connectivity index (χ2n) is 3.39. The van der Waals surface area contributed by atoms with Gasteiger partial charge in [0.25, 0.3) is 0 Å². The Morgan fingerprint density at radius 1 is 1.53 bits per heavy atom. The molecular formula is C12H11FN2OS. The molecule has 88 valence electrons. The summed E-state index contributed by atoms with van der Waals surface area (Å²) in [4.78, 5) is 17.2. The maximum absolute atomic E-state index is 13.2. The number of aldehydes is 1. The fourth-order valence-electron chi connectivity index (χ4n) is 1.53. The van der Waals surface area contributed by atoms with Crippen LogP contribution in [0.1, 0.15) is 16.6 Å². The van der Waals surface area contributed by atoms with E-state index in [1.165, 1.54) is 29.7 Å². The number of nitrogens with zero attached hydrogens (tertiary/aromatic N) is 2. The Morgan fingerprint density at radius 2 is 2.35 bits per heavy atom. The number of benzene rings is 1. The van der Waals surface area contributed by atoms with Gasteiger partial charge in [0.15, 0.2) is 11.4 Å². The van der Waals surface area contributed by atoms with E-state index in [1.54, 1.807) is 6.07 Å². The molecule has 1 aromatic carbocycles. The normalized spacial score (nSPS) is 10.2. The number of hydrogen-bond acceptors (Lipinski definition) is 4. The second kappa shape index (κ2) is 5.05. The van der Waals surface area contributed by atoms with Crippen LogP contribution in [0.25, 0.3) is 0 Å². The van der Waals surface area contributed by atoms with E-state index >= 15 is 0 Å². The summed E-state index contributed by atoms with van der Waals surface area (Å²) in [5.74, 6) is -0.284. The molecule has 0 saturated carbocycles. The Bertz CT molecular complexity index is 527. The highest BCUT2D eigenvalue weighted by molar-refractivity contribution is 7.17. The fraction of sp³-hybridized carbons (Fsp3) is 0.167. The van der Waals surface area contributed by atoms with Crippen molar-refractivity contribution in [3.63, 3.8) is 0 Å². The van der Waals surface area contributed by atoms with Crippen molar-refractivity contribution in [1.82, 2.24) is 4.98 Å². The molecule has 0 saturated heterocycles. The molecule has 0 aliphatic rings. The Balaban J connectivity index is 2.36. The monoisotopic (exact) mass is 250 g/mol. The van der Waals surface area contributed by atoms with Gasteiger partial charge in [-0.1, -0.05) is 17.4 Å². The van der Waals surface area contributed by atoms with Crippen molar-refractivity contribution in [2.45, 2.75) is 6.92 Å². The van der Waals surface area contributed by atoms with E-state index < -0.39 is 0 Å². The zero-order valence-electron chi connectivity index (χ0n) is 9.26. The van der Waals surface area contributed by atoms with Gasteiger partial charge in [0.2, 0.25) is 0 Å². The van der Waals surface area contributed by atoms with Crippen LogP contribution < -0.4 is 4.90 Å². The molecule has 2 aromatic rings. The van der Waals surface area contributed by atoms with Crippen LogP contribution in [0.2, 0.25) is 0 Å². The first kappa shape index (κ1) is 11.7. The molecule has 0 radical (unpaired) electrons. The van der Waals surface area contributed by atoms with Crippen LogP contribution in [0.15, 0.2) is 30.5 Å². The van der Waals surface area contributed by atoms with E-state index in [2.05, 4.69) is 4.98 Å². The molecule has 0 bridgehead atoms. The molecule has 5 heteroatoms. The van der Waals surface area contributed by atoms with Crippen LogP contribution in [-0.2, 0) is 0 Å². The first-order valence-electron chi connectivity index (χ1n) is 5.18.